The van der Waals surface area contributed by atoms with Crippen LogP contribution in [0.25, 0.3) is 0 Å². The lowest BCUT2D eigenvalue weighted by atomic mass is 10.00. The molecule has 0 unspecified atom stereocenters. The Hall–Kier alpha value is -0.0400. The summed E-state index contributed by atoms with van der Waals surface area (Å²) < 4.78 is 0. The summed E-state index contributed by atoms with van der Waals surface area (Å²) in [5.74, 6) is 0.921. The van der Waals surface area contributed by atoms with Crippen LogP contribution in [0, 0.1) is 5.92 Å². The highest BCUT2D eigenvalue weighted by atomic mass is 16.2. The Kier molecular flexibility index (Phi) is 11.0. The monoisotopic (exact) mass is 200 g/mol. The molecule has 0 spiro atoms. The second kappa shape index (κ2) is 11.0. The van der Waals surface area contributed by atoms with Gasteiger partial charge in [0.25, 0.3) is 0 Å². The van der Waals surface area contributed by atoms with E-state index in [2.05, 4.69) is 13.8 Å². The van der Waals surface area contributed by atoms with Crippen LogP contribution in [-0.4, -0.2) is 11.7 Å². The van der Waals surface area contributed by atoms with E-state index in [-0.39, 0.29) is 0 Å². The van der Waals surface area contributed by atoms with Crippen LogP contribution in [0.15, 0.2) is 0 Å². The van der Waals surface area contributed by atoms with Gasteiger partial charge in [-0.3, -0.25) is 0 Å². The fraction of sp³-hybridized carbons (Fsp3) is 1.00. The lowest BCUT2D eigenvalue weighted by molar-refractivity contribution is 0.282. The van der Waals surface area contributed by atoms with E-state index < -0.39 is 0 Å². The van der Waals surface area contributed by atoms with Crippen molar-refractivity contribution in [2.24, 2.45) is 5.92 Å². The average molecular weight is 200 g/mol. The van der Waals surface area contributed by atoms with E-state index in [0.29, 0.717) is 6.61 Å². The topological polar surface area (TPSA) is 20.2 Å². The predicted octanol–water partition coefficient (Wildman–Crippen LogP) is 4.15. The molecule has 0 fully saturated rings. The minimum absolute atomic E-state index is 0.369. The van der Waals surface area contributed by atoms with Gasteiger partial charge in [-0.1, -0.05) is 65.2 Å². The maximum atomic E-state index is 8.60. The standard InChI is InChI=1S/C13H28O/c1-3-13(2)11-9-7-5-4-6-8-10-12-14/h13-14H,3-12H2,1-2H3/t13-/m0/s1. The molecule has 0 aromatic rings. The minimum Gasteiger partial charge on any atom is -0.396 e. The average Bonchev–Trinajstić information content (AvgIpc) is 2.21. The normalized spacial score (nSPS) is 13.1. The summed E-state index contributed by atoms with van der Waals surface area (Å²) in [6.07, 6.45) is 11.8. The third-order valence-corrected chi connectivity index (χ3v) is 3.05. The van der Waals surface area contributed by atoms with Crippen LogP contribution in [-0.2, 0) is 0 Å². The molecular formula is C13H28O. The fourth-order valence-electron chi connectivity index (χ4n) is 1.69. The Bertz CT molecular complexity index is 101. The van der Waals surface area contributed by atoms with Crippen LogP contribution in [0.5, 0.6) is 0 Å². The van der Waals surface area contributed by atoms with Crippen LogP contribution < -0.4 is 0 Å². The van der Waals surface area contributed by atoms with Crippen LogP contribution in [0.1, 0.15) is 71.6 Å². The zero-order valence-corrected chi connectivity index (χ0v) is 10.1. The molecule has 1 nitrogen and oxygen atoms in total. The van der Waals surface area contributed by atoms with Crippen LogP contribution in [0.2, 0.25) is 0 Å². The maximum Gasteiger partial charge on any atom is 0.0431 e. The summed E-state index contributed by atoms with van der Waals surface area (Å²) in [7, 11) is 0. The van der Waals surface area contributed by atoms with Crippen LogP contribution in [0.4, 0.5) is 0 Å². The summed E-state index contributed by atoms with van der Waals surface area (Å²) in [5, 5.41) is 8.60. The quantitative estimate of drug-likeness (QED) is 0.525. The molecule has 0 aliphatic carbocycles. The zero-order valence-electron chi connectivity index (χ0n) is 10.1. The number of rotatable bonds is 10. The summed E-state index contributed by atoms with van der Waals surface area (Å²) in [4.78, 5) is 0. The maximum absolute atomic E-state index is 8.60. The number of hydrogen-bond acceptors (Lipinski definition) is 1. The molecule has 14 heavy (non-hydrogen) atoms. The van der Waals surface area contributed by atoms with Crippen molar-refractivity contribution >= 4 is 0 Å². The predicted molar refractivity (Wildman–Crippen MR) is 63.5 cm³/mol. The van der Waals surface area contributed by atoms with Crippen molar-refractivity contribution in [2.75, 3.05) is 6.61 Å². The molecule has 0 saturated carbocycles. The fourth-order valence-corrected chi connectivity index (χ4v) is 1.69. The van der Waals surface area contributed by atoms with Crippen molar-refractivity contribution in [3.8, 4) is 0 Å². The van der Waals surface area contributed by atoms with E-state index in [9.17, 15) is 0 Å². The highest BCUT2D eigenvalue weighted by molar-refractivity contribution is 4.51. The summed E-state index contributed by atoms with van der Waals surface area (Å²) in [5.41, 5.74) is 0. The Balaban J connectivity index is 2.92. The molecule has 1 N–H and O–H groups in total. The molecule has 1 atom stereocenters. The van der Waals surface area contributed by atoms with Gasteiger partial charge >= 0.3 is 0 Å². The third kappa shape index (κ3) is 10.0. The Morgan fingerprint density at radius 1 is 0.857 bits per heavy atom. The molecule has 0 rings (SSSR count). The van der Waals surface area contributed by atoms with E-state index in [1.54, 1.807) is 0 Å². The molecule has 0 aliphatic heterocycles. The van der Waals surface area contributed by atoms with Gasteiger partial charge in [-0.2, -0.15) is 0 Å². The highest BCUT2D eigenvalue weighted by Crippen LogP contribution is 2.14. The number of aliphatic hydroxyl groups excluding tert-OH is 1. The third-order valence-electron chi connectivity index (χ3n) is 3.05. The van der Waals surface area contributed by atoms with E-state index in [1.807, 2.05) is 0 Å². The van der Waals surface area contributed by atoms with E-state index in [0.717, 1.165) is 12.3 Å². The second-order valence-electron chi connectivity index (χ2n) is 4.50. The van der Waals surface area contributed by atoms with Gasteiger partial charge in [0.1, 0.15) is 0 Å². The minimum atomic E-state index is 0.369. The molecular weight excluding hydrogens is 172 g/mol. The Morgan fingerprint density at radius 3 is 1.86 bits per heavy atom. The molecule has 0 bridgehead atoms. The largest absolute Gasteiger partial charge is 0.396 e. The van der Waals surface area contributed by atoms with Gasteiger partial charge in [0.15, 0.2) is 0 Å². The van der Waals surface area contributed by atoms with E-state index in [4.69, 9.17) is 5.11 Å². The molecule has 0 heterocycles. The van der Waals surface area contributed by atoms with Crippen molar-refractivity contribution in [1.29, 1.82) is 0 Å². The van der Waals surface area contributed by atoms with Gasteiger partial charge in [0, 0.05) is 6.61 Å². The van der Waals surface area contributed by atoms with Gasteiger partial charge in [-0.25, -0.2) is 0 Å². The molecule has 0 aromatic heterocycles. The lowest BCUT2D eigenvalue weighted by Crippen LogP contribution is -1.91. The first kappa shape index (κ1) is 14.0. The van der Waals surface area contributed by atoms with Gasteiger partial charge in [0.05, 0.1) is 0 Å². The Morgan fingerprint density at radius 2 is 1.36 bits per heavy atom. The van der Waals surface area contributed by atoms with Crippen LogP contribution >= 0.6 is 0 Å². The smallest absolute Gasteiger partial charge is 0.0431 e. The van der Waals surface area contributed by atoms with Crippen molar-refractivity contribution in [1.82, 2.24) is 0 Å². The number of unbranched alkanes of at least 4 members (excludes halogenated alkanes) is 6. The van der Waals surface area contributed by atoms with Crippen molar-refractivity contribution in [3.63, 3.8) is 0 Å². The van der Waals surface area contributed by atoms with Gasteiger partial charge in [0.2, 0.25) is 0 Å². The van der Waals surface area contributed by atoms with Crippen molar-refractivity contribution < 1.29 is 5.11 Å². The first-order valence-electron chi connectivity index (χ1n) is 6.42. The zero-order chi connectivity index (χ0) is 10.6. The van der Waals surface area contributed by atoms with E-state index >= 15 is 0 Å². The van der Waals surface area contributed by atoms with Gasteiger partial charge in [-0.05, 0) is 12.3 Å². The van der Waals surface area contributed by atoms with Crippen molar-refractivity contribution in [3.05, 3.63) is 0 Å². The van der Waals surface area contributed by atoms with Crippen molar-refractivity contribution in [2.45, 2.75) is 71.6 Å². The Labute approximate surface area is 89.9 Å². The first-order valence-corrected chi connectivity index (χ1v) is 6.42. The number of aliphatic hydroxyl groups is 1. The molecule has 0 amide bonds. The molecule has 0 aromatic carbocycles. The van der Waals surface area contributed by atoms with Gasteiger partial charge < -0.3 is 5.11 Å². The SMILES string of the molecule is CC[C@H](C)CCCCCCCCCO. The van der Waals surface area contributed by atoms with E-state index in [1.165, 1.54) is 51.4 Å². The number of hydrogen-bond donors (Lipinski definition) is 1. The summed E-state index contributed by atoms with van der Waals surface area (Å²) in [6.45, 7) is 4.99. The first-order chi connectivity index (χ1) is 6.81. The second-order valence-corrected chi connectivity index (χ2v) is 4.50. The molecule has 0 aliphatic rings. The van der Waals surface area contributed by atoms with Gasteiger partial charge in [-0.15, -0.1) is 0 Å². The highest BCUT2D eigenvalue weighted by Gasteiger charge is 1.97. The molecule has 0 radical (unpaired) electrons. The lowest BCUT2D eigenvalue weighted by Gasteiger charge is -2.07. The molecule has 0 saturated heterocycles. The molecule has 1 heteroatoms. The summed E-state index contributed by atoms with van der Waals surface area (Å²) >= 11 is 0. The molecule has 86 valence electrons. The summed E-state index contributed by atoms with van der Waals surface area (Å²) in [6, 6.07) is 0. The van der Waals surface area contributed by atoms with Crippen LogP contribution in [0.3, 0.4) is 0 Å².